The molecule has 0 N–H and O–H groups in total. The smallest absolute Gasteiger partial charge is 0.309 e. The van der Waals surface area contributed by atoms with E-state index in [1.54, 1.807) is 23.4 Å². The van der Waals surface area contributed by atoms with Gasteiger partial charge in [0.1, 0.15) is 5.69 Å². The van der Waals surface area contributed by atoms with Crippen LogP contribution in [0.25, 0.3) is 17.3 Å². The summed E-state index contributed by atoms with van der Waals surface area (Å²) in [6.45, 7) is 3.93. The standard InChI is InChI=1S/C26H28N4O3/c1-2-33-26(32)21-12-15-29(16-13-21)24(31)11-10-23-19-30(18-20-7-4-3-5-8-20)28-25(23)22-9-6-14-27-17-22/h3-11,14,17,19,21H,2,12-13,15-16,18H2,1H3/b11-10+. The van der Waals surface area contributed by atoms with Crippen LogP contribution in [0.4, 0.5) is 0 Å². The molecule has 170 valence electrons. The van der Waals surface area contributed by atoms with Crippen LogP contribution in [0.2, 0.25) is 0 Å². The average Bonchev–Trinajstić information content (AvgIpc) is 3.26. The number of likely N-dealkylation sites (tertiary alicyclic amines) is 1. The maximum atomic E-state index is 12.8. The van der Waals surface area contributed by atoms with E-state index in [2.05, 4.69) is 17.1 Å². The first-order chi connectivity index (χ1) is 16.1. The number of hydrogen-bond acceptors (Lipinski definition) is 5. The molecule has 1 aromatic carbocycles. The molecule has 2 aromatic heterocycles. The Balaban J connectivity index is 1.48. The van der Waals surface area contributed by atoms with Crippen LogP contribution in [-0.4, -0.2) is 51.2 Å². The number of ether oxygens (including phenoxy) is 1. The van der Waals surface area contributed by atoms with Gasteiger partial charge in [0.05, 0.1) is 19.1 Å². The molecule has 0 spiro atoms. The second-order valence-corrected chi connectivity index (χ2v) is 8.04. The van der Waals surface area contributed by atoms with Gasteiger partial charge in [-0.2, -0.15) is 5.10 Å². The topological polar surface area (TPSA) is 77.3 Å². The van der Waals surface area contributed by atoms with Crippen LogP contribution in [0.5, 0.6) is 0 Å². The van der Waals surface area contributed by atoms with Gasteiger partial charge in [0.25, 0.3) is 0 Å². The highest BCUT2D eigenvalue weighted by molar-refractivity contribution is 5.93. The van der Waals surface area contributed by atoms with E-state index in [-0.39, 0.29) is 17.8 Å². The van der Waals surface area contributed by atoms with E-state index in [0.29, 0.717) is 39.1 Å². The van der Waals surface area contributed by atoms with Crippen LogP contribution in [0.3, 0.4) is 0 Å². The van der Waals surface area contributed by atoms with Gasteiger partial charge in [0, 0.05) is 48.9 Å². The Kier molecular flexibility index (Phi) is 7.29. The lowest BCUT2D eigenvalue weighted by Gasteiger charge is -2.30. The van der Waals surface area contributed by atoms with Gasteiger partial charge >= 0.3 is 5.97 Å². The molecular formula is C26H28N4O3. The van der Waals surface area contributed by atoms with Crippen molar-refractivity contribution in [2.45, 2.75) is 26.3 Å². The molecule has 3 heterocycles. The van der Waals surface area contributed by atoms with Crippen molar-refractivity contribution >= 4 is 18.0 Å². The molecule has 0 aliphatic carbocycles. The van der Waals surface area contributed by atoms with E-state index >= 15 is 0 Å². The van der Waals surface area contributed by atoms with Gasteiger partial charge in [-0.25, -0.2) is 0 Å². The zero-order valence-electron chi connectivity index (χ0n) is 18.8. The fourth-order valence-electron chi connectivity index (χ4n) is 4.00. The molecule has 4 rings (SSSR count). The highest BCUT2D eigenvalue weighted by Crippen LogP contribution is 2.24. The summed E-state index contributed by atoms with van der Waals surface area (Å²) in [7, 11) is 0. The van der Waals surface area contributed by atoms with Crippen molar-refractivity contribution in [3.05, 3.63) is 78.3 Å². The van der Waals surface area contributed by atoms with Crippen molar-refractivity contribution in [1.29, 1.82) is 0 Å². The summed E-state index contributed by atoms with van der Waals surface area (Å²) < 4.78 is 6.99. The summed E-state index contributed by atoms with van der Waals surface area (Å²) in [4.78, 5) is 30.7. The number of pyridine rings is 1. The molecular weight excluding hydrogens is 416 g/mol. The third kappa shape index (κ3) is 5.74. The molecule has 1 aliphatic heterocycles. The number of benzene rings is 1. The summed E-state index contributed by atoms with van der Waals surface area (Å²) in [6.07, 6.45) is 10.1. The Hall–Kier alpha value is -3.74. The van der Waals surface area contributed by atoms with E-state index < -0.39 is 0 Å². The number of esters is 1. The van der Waals surface area contributed by atoms with Crippen LogP contribution >= 0.6 is 0 Å². The molecule has 1 aliphatic rings. The van der Waals surface area contributed by atoms with Gasteiger partial charge < -0.3 is 9.64 Å². The fraction of sp³-hybridized carbons (Fsp3) is 0.308. The highest BCUT2D eigenvalue weighted by atomic mass is 16.5. The summed E-state index contributed by atoms with van der Waals surface area (Å²) in [5.74, 6) is -0.344. The normalized spacial score (nSPS) is 14.5. The molecule has 0 saturated carbocycles. The highest BCUT2D eigenvalue weighted by Gasteiger charge is 2.27. The Morgan fingerprint density at radius 1 is 1.12 bits per heavy atom. The van der Waals surface area contributed by atoms with E-state index in [1.807, 2.05) is 54.2 Å². The summed E-state index contributed by atoms with van der Waals surface area (Å²) in [5.41, 5.74) is 3.68. The lowest BCUT2D eigenvalue weighted by atomic mass is 9.97. The van der Waals surface area contributed by atoms with E-state index in [4.69, 9.17) is 9.84 Å². The maximum absolute atomic E-state index is 12.8. The first-order valence-corrected chi connectivity index (χ1v) is 11.3. The van der Waals surface area contributed by atoms with E-state index in [1.165, 1.54) is 0 Å². The van der Waals surface area contributed by atoms with Gasteiger partial charge in [-0.1, -0.05) is 30.3 Å². The molecule has 1 amide bonds. The summed E-state index contributed by atoms with van der Waals surface area (Å²) in [6, 6.07) is 14.0. The van der Waals surface area contributed by atoms with Crippen LogP contribution in [0.1, 0.15) is 30.9 Å². The van der Waals surface area contributed by atoms with Crippen LogP contribution in [-0.2, 0) is 20.9 Å². The van der Waals surface area contributed by atoms with Crippen molar-refractivity contribution in [3.63, 3.8) is 0 Å². The Morgan fingerprint density at radius 2 is 1.91 bits per heavy atom. The van der Waals surface area contributed by atoms with Gasteiger partial charge in [-0.15, -0.1) is 0 Å². The predicted octanol–water partition coefficient (Wildman–Crippen LogP) is 3.81. The molecule has 7 heteroatoms. The van der Waals surface area contributed by atoms with Crippen molar-refractivity contribution in [3.8, 4) is 11.3 Å². The van der Waals surface area contributed by atoms with Gasteiger partial charge in [0.2, 0.25) is 5.91 Å². The van der Waals surface area contributed by atoms with Gasteiger partial charge in [-0.05, 0) is 43.5 Å². The lowest BCUT2D eigenvalue weighted by Crippen LogP contribution is -2.39. The maximum Gasteiger partial charge on any atom is 0.309 e. The third-order valence-corrected chi connectivity index (χ3v) is 5.74. The molecule has 0 unspecified atom stereocenters. The fourth-order valence-corrected chi connectivity index (χ4v) is 4.00. The number of rotatable bonds is 7. The third-order valence-electron chi connectivity index (χ3n) is 5.74. The number of piperidine rings is 1. The number of hydrogen-bond donors (Lipinski definition) is 0. The zero-order chi connectivity index (χ0) is 23.0. The molecule has 33 heavy (non-hydrogen) atoms. The van der Waals surface area contributed by atoms with E-state index in [0.717, 1.165) is 22.4 Å². The van der Waals surface area contributed by atoms with Crippen molar-refractivity contribution < 1.29 is 14.3 Å². The Bertz CT molecular complexity index is 1100. The zero-order valence-corrected chi connectivity index (χ0v) is 18.8. The molecule has 0 radical (unpaired) electrons. The first-order valence-electron chi connectivity index (χ1n) is 11.3. The van der Waals surface area contributed by atoms with Crippen LogP contribution in [0, 0.1) is 5.92 Å². The first kappa shape index (κ1) is 22.5. The quantitative estimate of drug-likeness (QED) is 0.409. The Labute approximate surface area is 193 Å². The number of aromatic nitrogens is 3. The van der Waals surface area contributed by atoms with E-state index in [9.17, 15) is 9.59 Å². The van der Waals surface area contributed by atoms with Crippen molar-refractivity contribution in [2.24, 2.45) is 5.92 Å². The lowest BCUT2D eigenvalue weighted by molar-refractivity contribution is -0.150. The minimum Gasteiger partial charge on any atom is -0.466 e. The monoisotopic (exact) mass is 444 g/mol. The minimum atomic E-state index is -0.160. The molecule has 0 atom stereocenters. The van der Waals surface area contributed by atoms with Gasteiger partial charge in [0.15, 0.2) is 0 Å². The summed E-state index contributed by atoms with van der Waals surface area (Å²) >= 11 is 0. The number of carbonyl (C=O) groups excluding carboxylic acids is 2. The molecule has 1 saturated heterocycles. The molecule has 1 fully saturated rings. The summed E-state index contributed by atoms with van der Waals surface area (Å²) in [5, 5.41) is 4.76. The number of amides is 1. The van der Waals surface area contributed by atoms with Crippen LogP contribution < -0.4 is 0 Å². The van der Waals surface area contributed by atoms with Gasteiger partial charge in [-0.3, -0.25) is 19.3 Å². The molecule has 3 aromatic rings. The second kappa shape index (κ2) is 10.7. The van der Waals surface area contributed by atoms with Crippen LogP contribution in [0.15, 0.2) is 67.1 Å². The SMILES string of the molecule is CCOC(=O)C1CCN(C(=O)/C=C/c2cn(Cc3ccccc3)nc2-c2cccnc2)CC1. The van der Waals surface area contributed by atoms with Crippen molar-refractivity contribution in [1.82, 2.24) is 19.7 Å². The largest absolute Gasteiger partial charge is 0.466 e. The number of nitrogens with zero attached hydrogens (tertiary/aromatic N) is 4. The Morgan fingerprint density at radius 3 is 2.61 bits per heavy atom. The second-order valence-electron chi connectivity index (χ2n) is 8.04. The molecule has 0 bridgehead atoms. The minimum absolute atomic E-state index is 0.0646. The van der Waals surface area contributed by atoms with Crippen molar-refractivity contribution in [2.75, 3.05) is 19.7 Å². The average molecular weight is 445 g/mol. The predicted molar refractivity (Wildman–Crippen MR) is 126 cm³/mol. The molecule has 7 nitrogen and oxygen atoms in total. The number of carbonyl (C=O) groups is 2.